The average molecular weight is 641 g/mol. The molecule has 0 bridgehead atoms. The van der Waals surface area contributed by atoms with Crippen LogP contribution in [0.25, 0.3) is 16.7 Å². The van der Waals surface area contributed by atoms with Gasteiger partial charge in [0.05, 0.1) is 17.9 Å². The summed E-state index contributed by atoms with van der Waals surface area (Å²) >= 11 is 0. The lowest BCUT2D eigenvalue weighted by Gasteiger charge is -2.40. The predicted octanol–water partition coefficient (Wildman–Crippen LogP) is 4.34. The van der Waals surface area contributed by atoms with Crippen molar-refractivity contribution in [2.75, 3.05) is 37.0 Å². The third-order valence-electron chi connectivity index (χ3n) is 9.33. The summed E-state index contributed by atoms with van der Waals surface area (Å²) in [5.74, 6) is 2.07. The minimum Gasteiger partial charge on any atom is -0.493 e. The number of ether oxygens (including phenoxy) is 2. The molecule has 1 aliphatic heterocycles. The monoisotopic (exact) mass is 640 g/mol. The molecule has 11 nitrogen and oxygen atoms in total. The Labute approximate surface area is 266 Å². The van der Waals surface area contributed by atoms with Gasteiger partial charge in [0.25, 0.3) is 0 Å². The van der Waals surface area contributed by atoms with Crippen molar-refractivity contribution in [3.05, 3.63) is 42.7 Å². The number of hydrogen-bond donors (Lipinski definition) is 2. The number of sulfone groups is 1. The molecular formula is C33H48N6O5S. The zero-order valence-electron chi connectivity index (χ0n) is 26.7. The second-order valence-electron chi connectivity index (χ2n) is 12.7. The van der Waals surface area contributed by atoms with Crippen molar-refractivity contribution in [2.45, 2.75) is 89.4 Å². The van der Waals surface area contributed by atoms with Gasteiger partial charge in [0, 0.05) is 49.2 Å². The Hall–Kier alpha value is -3.22. The SMILES string of the molecule is CC[C@H](C)[C@H](N)C(=O)OC1CCN(C2CCC(Nc3nccc(-n4ccc5c(OCCCS(C)(=O)=O)cccc54)n3)CC2)CC1. The maximum atomic E-state index is 12.4. The lowest BCUT2D eigenvalue weighted by atomic mass is 9.89. The van der Waals surface area contributed by atoms with Crippen molar-refractivity contribution in [2.24, 2.45) is 11.7 Å². The van der Waals surface area contributed by atoms with Gasteiger partial charge in [-0.05, 0) is 75.1 Å². The van der Waals surface area contributed by atoms with Gasteiger partial charge in [-0.25, -0.2) is 13.4 Å². The average Bonchev–Trinajstić information content (AvgIpc) is 3.48. The maximum absolute atomic E-state index is 12.4. The van der Waals surface area contributed by atoms with Gasteiger partial charge in [0.2, 0.25) is 5.95 Å². The molecule has 2 fully saturated rings. The van der Waals surface area contributed by atoms with Gasteiger partial charge in [0.15, 0.2) is 0 Å². The van der Waals surface area contributed by atoms with E-state index in [4.69, 9.17) is 20.2 Å². The fourth-order valence-electron chi connectivity index (χ4n) is 6.38. The predicted molar refractivity (Wildman–Crippen MR) is 176 cm³/mol. The summed E-state index contributed by atoms with van der Waals surface area (Å²) in [5.41, 5.74) is 7.03. The highest BCUT2D eigenvalue weighted by atomic mass is 32.2. The summed E-state index contributed by atoms with van der Waals surface area (Å²) in [4.78, 5) is 24.3. The third-order valence-corrected chi connectivity index (χ3v) is 10.4. The van der Waals surface area contributed by atoms with Crippen LogP contribution in [-0.4, -0.2) is 89.8 Å². The molecule has 2 atom stereocenters. The van der Waals surface area contributed by atoms with Crippen molar-refractivity contribution in [3.8, 4) is 11.6 Å². The van der Waals surface area contributed by atoms with Crippen molar-refractivity contribution < 1.29 is 22.7 Å². The Bertz CT molecular complexity index is 1530. The molecule has 3 aromatic rings. The molecule has 3 N–H and O–H groups in total. The first kappa shape index (κ1) is 33.2. The van der Waals surface area contributed by atoms with Crippen LogP contribution in [0.15, 0.2) is 42.7 Å². The molecule has 1 aliphatic carbocycles. The number of fused-ring (bicyclic) bond motifs is 1. The number of carbonyl (C=O) groups excluding carboxylic acids is 1. The van der Waals surface area contributed by atoms with E-state index in [1.165, 1.54) is 6.26 Å². The molecule has 1 aromatic carbocycles. The van der Waals surface area contributed by atoms with Gasteiger partial charge in [-0.2, -0.15) is 4.98 Å². The smallest absolute Gasteiger partial charge is 0.323 e. The van der Waals surface area contributed by atoms with Gasteiger partial charge in [-0.3, -0.25) is 4.79 Å². The van der Waals surface area contributed by atoms with Crippen molar-refractivity contribution in [3.63, 3.8) is 0 Å². The van der Waals surface area contributed by atoms with E-state index in [-0.39, 0.29) is 23.7 Å². The third kappa shape index (κ3) is 8.74. The standard InChI is InChI=1S/C33H48N6O5S/c1-4-23(2)31(34)32(40)44-26-14-18-38(19-15-26)25-11-9-24(10-12-25)36-33-35-17-13-30(37-33)39-20-16-27-28(39)7-5-8-29(27)43-21-6-22-45(3,41)42/h5,7-8,13,16-17,20,23-26,31H,4,6,9-12,14-15,18-19,21-22,34H2,1-3H3,(H,35,36,37)/t23-,24?,25?,31-/m0/s1. The van der Waals surface area contributed by atoms with Crippen LogP contribution < -0.4 is 15.8 Å². The summed E-state index contributed by atoms with van der Waals surface area (Å²) in [7, 11) is -3.01. The number of carbonyl (C=O) groups is 1. The summed E-state index contributed by atoms with van der Waals surface area (Å²) in [5, 5.41) is 4.51. The number of rotatable bonds is 13. The summed E-state index contributed by atoms with van der Waals surface area (Å²) in [6.45, 7) is 6.27. The highest BCUT2D eigenvalue weighted by Gasteiger charge is 2.31. The van der Waals surface area contributed by atoms with E-state index >= 15 is 0 Å². The number of nitrogens with zero attached hydrogens (tertiary/aromatic N) is 4. The topological polar surface area (TPSA) is 142 Å². The zero-order chi connectivity index (χ0) is 32.0. The molecule has 0 spiro atoms. The van der Waals surface area contributed by atoms with Crippen molar-refractivity contribution >= 4 is 32.7 Å². The number of hydrogen-bond acceptors (Lipinski definition) is 10. The number of likely N-dealkylation sites (tertiary alicyclic amines) is 1. The van der Waals surface area contributed by atoms with Crippen molar-refractivity contribution in [1.82, 2.24) is 19.4 Å². The number of nitrogens with two attached hydrogens (primary N) is 1. The maximum Gasteiger partial charge on any atom is 0.323 e. The van der Waals surface area contributed by atoms with Crippen LogP contribution in [0.1, 0.15) is 65.2 Å². The number of esters is 1. The Morgan fingerprint density at radius 2 is 1.87 bits per heavy atom. The Morgan fingerprint density at radius 3 is 2.58 bits per heavy atom. The minimum absolute atomic E-state index is 0.0326. The highest BCUT2D eigenvalue weighted by molar-refractivity contribution is 7.90. The van der Waals surface area contributed by atoms with E-state index in [0.29, 0.717) is 31.1 Å². The lowest BCUT2D eigenvalue weighted by molar-refractivity contribution is -0.154. The first-order chi connectivity index (χ1) is 21.6. The largest absolute Gasteiger partial charge is 0.493 e. The molecular weight excluding hydrogens is 592 g/mol. The van der Waals surface area contributed by atoms with E-state index in [0.717, 1.165) is 80.5 Å². The number of benzene rings is 1. The van der Waals surface area contributed by atoms with Gasteiger partial charge < -0.3 is 30.0 Å². The first-order valence-corrected chi connectivity index (χ1v) is 18.4. The van der Waals surface area contributed by atoms with Crippen LogP contribution in [0.4, 0.5) is 5.95 Å². The second-order valence-corrected chi connectivity index (χ2v) is 14.9. The van der Waals surface area contributed by atoms with E-state index in [9.17, 15) is 13.2 Å². The molecule has 1 saturated carbocycles. The van der Waals surface area contributed by atoms with Crippen LogP contribution in [0.2, 0.25) is 0 Å². The van der Waals surface area contributed by atoms with Crippen LogP contribution in [-0.2, 0) is 19.4 Å². The number of anilines is 1. The normalized spacial score (nSPS) is 21.3. The molecule has 12 heteroatoms. The van der Waals surface area contributed by atoms with Crippen LogP contribution in [0, 0.1) is 5.92 Å². The van der Waals surface area contributed by atoms with Crippen molar-refractivity contribution in [1.29, 1.82) is 0 Å². The van der Waals surface area contributed by atoms with Gasteiger partial charge >= 0.3 is 5.97 Å². The van der Waals surface area contributed by atoms with E-state index < -0.39 is 15.9 Å². The molecule has 3 heterocycles. The van der Waals surface area contributed by atoms with Crippen LogP contribution in [0.5, 0.6) is 5.75 Å². The van der Waals surface area contributed by atoms with Gasteiger partial charge in [-0.15, -0.1) is 0 Å². The zero-order valence-corrected chi connectivity index (χ0v) is 27.5. The van der Waals surface area contributed by atoms with Gasteiger partial charge in [0.1, 0.15) is 33.6 Å². The summed E-state index contributed by atoms with van der Waals surface area (Å²) in [6, 6.07) is 10.0. The molecule has 246 valence electrons. The second kappa shape index (κ2) is 14.9. The van der Waals surface area contributed by atoms with Gasteiger partial charge in [-0.1, -0.05) is 26.3 Å². The Balaban J connectivity index is 1.11. The van der Waals surface area contributed by atoms with E-state index in [1.54, 1.807) is 6.20 Å². The highest BCUT2D eigenvalue weighted by Crippen LogP contribution is 2.30. The first-order valence-electron chi connectivity index (χ1n) is 16.3. The van der Waals surface area contributed by atoms with Crippen LogP contribution in [0.3, 0.4) is 0 Å². The minimum atomic E-state index is -3.01. The Morgan fingerprint density at radius 1 is 1.11 bits per heavy atom. The quantitative estimate of drug-likeness (QED) is 0.205. The van der Waals surface area contributed by atoms with Crippen LogP contribution >= 0.6 is 0 Å². The van der Waals surface area contributed by atoms with E-state index in [1.807, 2.05) is 54.9 Å². The molecule has 5 rings (SSSR count). The lowest BCUT2D eigenvalue weighted by Crippen LogP contribution is -2.47. The number of piperidine rings is 1. The molecule has 2 aromatic heterocycles. The molecule has 1 saturated heterocycles. The summed E-state index contributed by atoms with van der Waals surface area (Å²) < 4.78 is 36.6. The number of nitrogens with one attached hydrogen (secondary N) is 1. The van der Waals surface area contributed by atoms with E-state index in [2.05, 4.69) is 15.2 Å². The fraction of sp³-hybridized carbons (Fsp3) is 0.606. The fourth-order valence-corrected chi connectivity index (χ4v) is 7.02. The molecule has 0 radical (unpaired) electrons. The molecule has 0 amide bonds. The Kier molecular flexibility index (Phi) is 11.0. The summed E-state index contributed by atoms with van der Waals surface area (Å²) in [6.07, 6.45) is 12.3. The number of aromatic nitrogens is 3. The molecule has 2 aliphatic rings. The molecule has 45 heavy (non-hydrogen) atoms. The molecule has 0 unspecified atom stereocenters.